The zero-order valence-electron chi connectivity index (χ0n) is 9.19. The van der Waals surface area contributed by atoms with Crippen molar-refractivity contribution in [2.24, 2.45) is 0 Å². The van der Waals surface area contributed by atoms with Crippen molar-refractivity contribution in [3.8, 4) is 0 Å². The van der Waals surface area contributed by atoms with Crippen LogP contribution in [0.25, 0.3) is 0 Å². The Morgan fingerprint density at radius 1 is 1.40 bits per heavy atom. The van der Waals surface area contributed by atoms with Gasteiger partial charge in [-0.2, -0.15) is 0 Å². The van der Waals surface area contributed by atoms with Crippen molar-refractivity contribution in [3.05, 3.63) is 35.9 Å². The van der Waals surface area contributed by atoms with Crippen LogP contribution >= 0.6 is 0 Å². The van der Waals surface area contributed by atoms with Crippen molar-refractivity contribution < 1.29 is 9.53 Å². The molecule has 1 aromatic rings. The largest absolute Gasteiger partial charge is 0.375 e. The third-order valence-electron chi connectivity index (χ3n) is 2.22. The number of hydrogen-bond acceptors (Lipinski definition) is 2. The van der Waals surface area contributed by atoms with E-state index in [1.807, 2.05) is 37.3 Å². The van der Waals surface area contributed by atoms with Gasteiger partial charge in [-0.3, -0.25) is 4.79 Å². The van der Waals surface area contributed by atoms with Crippen LogP contribution in [0.2, 0.25) is 0 Å². The molecule has 1 rings (SSSR count). The lowest BCUT2D eigenvalue weighted by Gasteiger charge is -2.16. The molecule has 0 aliphatic carbocycles. The number of carbonyl (C=O) groups is 1. The second-order valence-electron chi connectivity index (χ2n) is 3.37. The van der Waals surface area contributed by atoms with Crippen molar-refractivity contribution in [3.63, 3.8) is 0 Å². The molecule has 82 valence electrons. The number of rotatable bonds is 5. The summed E-state index contributed by atoms with van der Waals surface area (Å²) in [7, 11) is 1.52. The molecule has 3 heteroatoms. The SMILES string of the molecule is CC[C@H](NC(=O)COC)c1ccccc1. The van der Waals surface area contributed by atoms with Gasteiger partial charge in [0.2, 0.25) is 5.91 Å². The van der Waals surface area contributed by atoms with Gasteiger partial charge in [0.15, 0.2) is 0 Å². The highest BCUT2D eigenvalue weighted by molar-refractivity contribution is 5.77. The number of nitrogens with one attached hydrogen (secondary N) is 1. The molecule has 0 heterocycles. The van der Waals surface area contributed by atoms with Crippen molar-refractivity contribution in [1.29, 1.82) is 0 Å². The predicted molar refractivity (Wildman–Crippen MR) is 59.5 cm³/mol. The van der Waals surface area contributed by atoms with Crippen LogP contribution in [0.4, 0.5) is 0 Å². The van der Waals surface area contributed by atoms with Gasteiger partial charge in [0.05, 0.1) is 6.04 Å². The molecule has 1 amide bonds. The Bertz CT molecular complexity index is 298. The molecule has 1 aromatic carbocycles. The number of hydrogen-bond donors (Lipinski definition) is 1. The maximum atomic E-state index is 11.3. The first-order chi connectivity index (χ1) is 7.27. The van der Waals surface area contributed by atoms with Crippen molar-refractivity contribution in [1.82, 2.24) is 5.32 Å². The molecule has 1 atom stereocenters. The average molecular weight is 207 g/mol. The van der Waals surface area contributed by atoms with E-state index in [1.54, 1.807) is 0 Å². The summed E-state index contributed by atoms with van der Waals surface area (Å²) in [4.78, 5) is 11.3. The normalized spacial score (nSPS) is 12.1. The van der Waals surface area contributed by atoms with E-state index in [1.165, 1.54) is 7.11 Å². The quantitative estimate of drug-likeness (QED) is 0.800. The van der Waals surface area contributed by atoms with E-state index in [9.17, 15) is 4.79 Å². The Balaban J connectivity index is 2.61. The number of benzene rings is 1. The van der Waals surface area contributed by atoms with Crippen LogP contribution in [0.15, 0.2) is 30.3 Å². The summed E-state index contributed by atoms with van der Waals surface area (Å²) in [5, 5.41) is 2.92. The molecule has 15 heavy (non-hydrogen) atoms. The Hall–Kier alpha value is -1.35. The minimum absolute atomic E-state index is 0.0757. The monoisotopic (exact) mass is 207 g/mol. The molecule has 0 unspecified atom stereocenters. The molecule has 0 saturated heterocycles. The highest BCUT2D eigenvalue weighted by Gasteiger charge is 2.11. The molecular weight excluding hydrogens is 190 g/mol. The zero-order chi connectivity index (χ0) is 11.1. The lowest BCUT2D eigenvalue weighted by Crippen LogP contribution is -2.30. The van der Waals surface area contributed by atoms with E-state index in [0.29, 0.717) is 0 Å². The summed E-state index contributed by atoms with van der Waals surface area (Å²) in [5.41, 5.74) is 1.13. The van der Waals surface area contributed by atoms with E-state index in [0.717, 1.165) is 12.0 Å². The second kappa shape index (κ2) is 6.19. The molecule has 3 nitrogen and oxygen atoms in total. The fourth-order valence-corrected chi connectivity index (χ4v) is 1.47. The summed E-state index contributed by atoms with van der Waals surface area (Å²) in [5.74, 6) is -0.0757. The number of carbonyl (C=O) groups excluding carboxylic acids is 1. The van der Waals surface area contributed by atoms with Crippen LogP contribution in [0, 0.1) is 0 Å². The molecule has 0 saturated carbocycles. The average Bonchev–Trinajstić information content (AvgIpc) is 2.27. The van der Waals surface area contributed by atoms with Gasteiger partial charge in [0.1, 0.15) is 6.61 Å². The van der Waals surface area contributed by atoms with Gasteiger partial charge >= 0.3 is 0 Å². The highest BCUT2D eigenvalue weighted by atomic mass is 16.5. The number of ether oxygens (including phenoxy) is 1. The Labute approximate surface area is 90.4 Å². The Morgan fingerprint density at radius 3 is 2.60 bits per heavy atom. The van der Waals surface area contributed by atoms with Gasteiger partial charge in [-0.25, -0.2) is 0 Å². The van der Waals surface area contributed by atoms with Crippen molar-refractivity contribution in [2.45, 2.75) is 19.4 Å². The van der Waals surface area contributed by atoms with Gasteiger partial charge < -0.3 is 10.1 Å². The maximum Gasteiger partial charge on any atom is 0.246 e. The van der Waals surface area contributed by atoms with Gasteiger partial charge in [0, 0.05) is 7.11 Å². The van der Waals surface area contributed by atoms with E-state index >= 15 is 0 Å². The third kappa shape index (κ3) is 3.72. The van der Waals surface area contributed by atoms with Gasteiger partial charge in [-0.15, -0.1) is 0 Å². The van der Waals surface area contributed by atoms with E-state index in [4.69, 9.17) is 4.74 Å². The minimum atomic E-state index is -0.0757. The second-order valence-corrected chi connectivity index (χ2v) is 3.37. The van der Waals surface area contributed by atoms with E-state index in [-0.39, 0.29) is 18.6 Å². The predicted octanol–water partition coefficient (Wildman–Crippen LogP) is 1.90. The zero-order valence-corrected chi connectivity index (χ0v) is 9.19. The van der Waals surface area contributed by atoms with E-state index in [2.05, 4.69) is 5.32 Å². The highest BCUT2D eigenvalue weighted by Crippen LogP contribution is 2.15. The minimum Gasteiger partial charge on any atom is -0.375 e. The molecule has 0 bridgehead atoms. The van der Waals surface area contributed by atoms with Crippen LogP contribution < -0.4 is 5.32 Å². The topological polar surface area (TPSA) is 38.3 Å². The first-order valence-corrected chi connectivity index (χ1v) is 5.11. The summed E-state index contributed by atoms with van der Waals surface area (Å²) >= 11 is 0. The smallest absolute Gasteiger partial charge is 0.246 e. The standard InChI is InChI=1S/C12H17NO2/c1-3-11(13-12(14)9-15-2)10-7-5-4-6-8-10/h4-8,11H,3,9H2,1-2H3,(H,13,14)/t11-/m0/s1. The van der Waals surface area contributed by atoms with Crippen LogP contribution in [0.5, 0.6) is 0 Å². The van der Waals surface area contributed by atoms with Crippen LogP contribution in [-0.4, -0.2) is 19.6 Å². The first-order valence-electron chi connectivity index (χ1n) is 5.11. The van der Waals surface area contributed by atoms with Crippen LogP contribution in [0.1, 0.15) is 24.9 Å². The Morgan fingerprint density at radius 2 is 2.07 bits per heavy atom. The molecule has 0 spiro atoms. The number of methoxy groups -OCH3 is 1. The number of amides is 1. The summed E-state index contributed by atoms with van der Waals surface area (Å²) in [6.45, 7) is 2.16. The maximum absolute atomic E-state index is 11.3. The fourth-order valence-electron chi connectivity index (χ4n) is 1.47. The van der Waals surface area contributed by atoms with Crippen LogP contribution in [0.3, 0.4) is 0 Å². The summed E-state index contributed by atoms with van der Waals surface area (Å²) < 4.78 is 4.77. The third-order valence-corrected chi connectivity index (χ3v) is 2.22. The summed E-state index contributed by atoms with van der Waals surface area (Å²) in [6.07, 6.45) is 0.874. The first kappa shape index (κ1) is 11.7. The molecule has 0 aromatic heterocycles. The van der Waals surface area contributed by atoms with Gasteiger partial charge in [-0.05, 0) is 12.0 Å². The molecule has 0 radical (unpaired) electrons. The molecule has 0 aliphatic rings. The van der Waals surface area contributed by atoms with Crippen molar-refractivity contribution >= 4 is 5.91 Å². The van der Waals surface area contributed by atoms with E-state index < -0.39 is 0 Å². The Kier molecular flexibility index (Phi) is 4.84. The molecule has 0 fully saturated rings. The van der Waals surface area contributed by atoms with Crippen molar-refractivity contribution in [2.75, 3.05) is 13.7 Å². The lowest BCUT2D eigenvalue weighted by molar-refractivity contribution is -0.125. The van der Waals surface area contributed by atoms with Gasteiger partial charge in [0.25, 0.3) is 0 Å². The fraction of sp³-hybridized carbons (Fsp3) is 0.417. The van der Waals surface area contributed by atoms with Crippen LogP contribution in [-0.2, 0) is 9.53 Å². The lowest BCUT2D eigenvalue weighted by atomic mass is 10.0. The molecule has 0 aliphatic heterocycles. The molecule has 1 N–H and O–H groups in total. The molecular formula is C12H17NO2. The van der Waals surface area contributed by atoms with Gasteiger partial charge in [-0.1, -0.05) is 37.3 Å². The summed E-state index contributed by atoms with van der Waals surface area (Å²) in [6, 6.07) is 10.0.